The molecule has 0 atom stereocenters. The molecule has 0 unspecified atom stereocenters. The van der Waals surface area contributed by atoms with E-state index in [2.05, 4.69) is 37.9 Å². The smallest absolute Gasteiger partial charge is 0.143 e. The number of nitrogens with one attached hydrogen (secondary N) is 1. The van der Waals surface area contributed by atoms with Crippen molar-refractivity contribution in [1.82, 2.24) is 9.97 Å². The molecule has 0 saturated carbocycles. The molecule has 1 aromatic carbocycles. The van der Waals surface area contributed by atoms with Crippen LogP contribution >= 0.6 is 34.2 Å². The summed E-state index contributed by atoms with van der Waals surface area (Å²) in [4.78, 5) is 8.86. The van der Waals surface area contributed by atoms with E-state index in [4.69, 9.17) is 11.6 Å². The van der Waals surface area contributed by atoms with Crippen molar-refractivity contribution in [3.8, 4) is 0 Å². The molecular weight excluding hydrogens is 380 g/mol. The zero-order valence-electron chi connectivity index (χ0n) is 10.5. The van der Waals surface area contributed by atoms with Crippen molar-refractivity contribution >= 4 is 40.0 Å². The Bertz CT molecular complexity index is 619. The third-order valence-electron chi connectivity index (χ3n) is 2.66. The van der Waals surface area contributed by atoms with Crippen LogP contribution in [-0.4, -0.2) is 17.0 Å². The molecule has 0 fully saturated rings. The van der Waals surface area contributed by atoms with Gasteiger partial charge in [0.25, 0.3) is 0 Å². The van der Waals surface area contributed by atoms with Gasteiger partial charge >= 0.3 is 0 Å². The maximum absolute atomic E-state index is 13.0. The Labute approximate surface area is 129 Å². The van der Waals surface area contributed by atoms with Gasteiger partial charge in [0.1, 0.15) is 17.5 Å². The highest BCUT2D eigenvalue weighted by atomic mass is 127. The average Bonchev–Trinajstić information content (AvgIpc) is 2.37. The normalized spacial score (nSPS) is 10.6. The first-order valence-corrected chi connectivity index (χ1v) is 7.11. The Balaban J connectivity index is 2.35. The van der Waals surface area contributed by atoms with E-state index in [1.54, 1.807) is 6.07 Å². The van der Waals surface area contributed by atoms with Crippen molar-refractivity contribution in [2.24, 2.45) is 0 Å². The quantitative estimate of drug-likeness (QED) is 0.809. The van der Waals surface area contributed by atoms with Crippen LogP contribution in [0, 0.1) is 16.3 Å². The first kappa shape index (κ1) is 14.5. The number of aromatic nitrogens is 2. The fourth-order valence-corrected chi connectivity index (χ4v) is 2.44. The molecule has 100 valence electrons. The SMILES string of the molecule is CNc1nc(Cc2ccc(F)cc2Cl)nc(C)c1I. The maximum Gasteiger partial charge on any atom is 0.143 e. The highest BCUT2D eigenvalue weighted by Crippen LogP contribution is 2.22. The van der Waals surface area contributed by atoms with Crippen LogP contribution in [0.15, 0.2) is 18.2 Å². The van der Waals surface area contributed by atoms with E-state index in [0.717, 1.165) is 20.6 Å². The highest BCUT2D eigenvalue weighted by Gasteiger charge is 2.10. The first-order valence-electron chi connectivity index (χ1n) is 5.66. The largest absolute Gasteiger partial charge is 0.372 e. The topological polar surface area (TPSA) is 37.8 Å². The van der Waals surface area contributed by atoms with Gasteiger partial charge in [-0.05, 0) is 47.2 Å². The highest BCUT2D eigenvalue weighted by molar-refractivity contribution is 14.1. The van der Waals surface area contributed by atoms with Gasteiger partial charge in [0.15, 0.2) is 0 Å². The summed E-state index contributed by atoms with van der Waals surface area (Å²) in [5.74, 6) is 1.11. The van der Waals surface area contributed by atoms with Gasteiger partial charge in [-0.1, -0.05) is 17.7 Å². The number of halogens is 3. The number of hydrogen-bond donors (Lipinski definition) is 1. The van der Waals surface area contributed by atoms with Crippen LogP contribution in [0.5, 0.6) is 0 Å². The Morgan fingerprint density at radius 2 is 2.11 bits per heavy atom. The zero-order chi connectivity index (χ0) is 14.0. The van der Waals surface area contributed by atoms with Crippen LogP contribution in [-0.2, 0) is 6.42 Å². The lowest BCUT2D eigenvalue weighted by Gasteiger charge is -2.09. The minimum Gasteiger partial charge on any atom is -0.372 e. The minimum absolute atomic E-state index is 0.343. The van der Waals surface area contributed by atoms with Crippen LogP contribution < -0.4 is 5.32 Å². The molecule has 3 nitrogen and oxygen atoms in total. The fourth-order valence-electron chi connectivity index (χ4n) is 1.70. The lowest BCUT2D eigenvalue weighted by Crippen LogP contribution is -2.06. The molecule has 0 bridgehead atoms. The van der Waals surface area contributed by atoms with Crippen molar-refractivity contribution in [2.75, 3.05) is 12.4 Å². The van der Waals surface area contributed by atoms with Crippen molar-refractivity contribution < 1.29 is 4.39 Å². The molecule has 0 spiro atoms. The lowest BCUT2D eigenvalue weighted by molar-refractivity contribution is 0.627. The molecule has 0 aliphatic carbocycles. The monoisotopic (exact) mass is 391 g/mol. The van der Waals surface area contributed by atoms with Gasteiger partial charge in [-0.3, -0.25) is 0 Å². The molecule has 0 aliphatic rings. The minimum atomic E-state index is -0.343. The summed E-state index contributed by atoms with van der Waals surface area (Å²) < 4.78 is 14.0. The number of rotatable bonds is 3. The number of benzene rings is 1. The van der Waals surface area contributed by atoms with E-state index in [0.29, 0.717) is 17.3 Å². The van der Waals surface area contributed by atoms with Gasteiger partial charge in [0.05, 0.1) is 9.26 Å². The predicted octanol–water partition coefficient (Wildman–Crippen LogP) is 3.81. The molecule has 0 saturated heterocycles. The molecule has 19 heavy (non-hydrogen) atoms. The average molecular weight is 392 g/mol. The third kappa shape index (κ3) is 3.33. The summed E-state index contributed by atoms with van der Waals surface area (Å²) in [5, 5.41) is 3.43. The molecular formula is C13H12ClFIN3. The van der Waals surface area contributed by atoms with Crippen LogP contribution in [0.3, 0.4) is 0 Å². The van der Waals surface area contributed by atoms with Crippen LogP contribution in [0.2, 0.25) is 5.02 Å². The number of anilines is 1. The van der Waals surface area contributed by atoms with Crippen LogP contribution in [0.25, 0.3) is 0 Å². The Hall–Kier alpha value is -0.950. The van der Waals surface area contributed by atoms with E-state index in [9.17, 15) is 4.39 Å². The van der Waals surface area contributed by atoms with Gasteiger partial charge in [-0.25, -0.2) is 14.4 Å². The second kappa shape index (κ2) is 6.00. The number of aryl methyl sites for hydroxylation is 1. The molecule has 0 radical (unpaired) electrons. The third-order valence-corrected chi connectivity index (χ3v) is 4.31. The molecule has 1 heterocycles. The van der Waals surface area contributed by atoms with Crippen molar-refractivity contribution in [3.05, 3.63) is 49.7 Å². The lowest BCUT2D eigenvalue weighted by atomic mass is 10.1. The van der Waals surface area contributed by atoms with Gasteiger partial charge in [0, 0.05) is 18.5 Å². The zero-order valence-corrected chi connectivity index (χ0v) is 13.4. The fraction of sp³-hybridized carbons (Fsp3) is 0.231. The number of hydrogen-bond acceptors (Lipinski definition) is 3. The van der Waals surface area contributed by atoms with E-state index < -0.39 is 0 Å². The molecule has 6 heteroatoms. The molecule has 2 rings (SSSR count). The second-order valence-corrected chi connectivity index (χ2v) is 5.54. The van der Waals surface area contributed by atoms with E-state index in [-0.39, 0.29) is 5.82 Å². The summed E-state index contributed by atoms with van der Waals surface area (Å²) in [7, 11) is 1.82. The van der Waals surface area contributed by atoms with E-state index >= 15 is 0 Å². The maximum atomic E-state index is 13.0. The van der Waals surface area contributed by atoms with E-state index in [1.165, 1.54) is 12.1 Å². The van der Waals surface area contributed by atoms with Crippen LogP contribution in [0.4, 0.5) is 10.2 Å². The first-order chi connectivity index (χ1) is 9.01. The van der Waals surface area contributed by atoms with Gasteiger partial charge < -0.3 is 5.32 Å². The summed E-state index contributed by atoms with van der Waals surface area (Å²) >= 11 is 8.21. The van der Waals surface area contributed by atoms with Crippen molar-refractivity contribution in [1.29, 1.82) is 0 Å². The van der Waals surface area contributed by atoms with Crippen molar-refractivity contribution in [3.63, 3.8) is 0 Å². The number of nitrogens with zero attached hydrogens (tertiary/aromatic N) is 2. The van der Waals surface area contributed by atoms with Crippen LogP contribution in [0.1, 0.15) is 17.1 Å². The van der Waals surface area contributed by atoms with E-state index in [1.807, 2.05) is 14.0 Å². The molecule has 0 amide bonds. The molecule has 2 aromatic rings. The Morgan fingerprint density at radius 1 is 1.37 bits per heavy atom. The predicted molar refractivity (Wildman–Crippen MR) is 83.2 cm³/mol. The molecule has 1 aromatic heterocycles. The summed E-state index contributed by atoms with van der Waals surface area (Å²) in [5.41, 5.74) is 1.72. The molecule has 0 aliphatic heterocycles. The Morgan fingerprint density at radius 3 is 2.74 bits per heavy atom. The van der Waals surface area contributed by atoms with Crippen molar-refractivity contribution in [2.45, 2.75) is 13.3 Å². The second-order valence-electron chi connectivity index (χ2n) is 4.05. The summed E-state index contributed by atoms with van der Waals surface area (Å²) in [6.45, 7) is 1.93. The molecule has 1 N–H and O–H groups in total. The van der Waals surface area contributed by atoms with Gasteiger partial charge in [-0.2, -0.15) is 0 Å². The van der Waals surface area contributed by atoms with Gasteiger partial charge in [-0.15, -0.1) is 0 Å². The standard InChI is InChI=1S/C13H12ClFIN3/c1-7-12(16)13(17-2)19-11(18-7)5-8-3-4-9(15)6-10(8)14/h3-4,6H,5H2,1-2H3,(H,17,18,19). The Kier molecular flexibility index (Phi) is 4.57. The van der Waals surface area contributed by atoms with Gasteiger partial charge in [0.2, 0.25) is 0 Å². The summed E-state index contributed by atoms with van der Waals surface area (Å²) in [6.07, 6.45) is 0.478. The summed E-state index contributed by atoms with van der Waals surface area (Å²) in [6, 6.07) is 4.35.